The molecule has 0 aromatic heterocycles. The number of hydrogen-bond acceptors (Lipinski definition) is 4. The van der Waals surface area contributed by atoms with E-state index in [0.29, 0.717) is 19.3 Å². The Labute approximate surface area is 128 Å². The Bertz CT molecular complexity index is 367. The van der Waals surface area contributed by atoms with Crippen LogP contribution in [0.5, 0.6) is 5.75 Å². The highest BCUT2D eigenvalue weighted by Gasteiger charge is 2.06. The van der Waals surface area contributed by atoms with Gasteiger partial charge in [0.15, 0.2) is 0 Å². The van der Waals surface area contributed by atoms with Crippen LogP contribution in [-0.4, -0.2) is 43.6 Å². The lowest BCUT2D eigenvalue weighted by Crippen LogP contribution is -2.28. The van der Waals surface area contributed by atoms with Gasteiger partial charge in [-0.15, -0.1) is 0 Å². The maximum absolute atomic E-state index is 9.64. The molecule has 21 heavy (non-hydrogen) atoms. The van der Waals surface area contributed by atoms with Crippen LogP contribution in [0, 0.1) is 0 Å². The van der Waals surface area contributed by atoms with E-state index in [0.717, 1.165) is 25.1 Å². The first-order valence-electron chi connectivity index (χ1n) is 7.86. The number of benzene rings is 1. The average molecular weight is 295 g/mol. The number of aliphatic hydroxyl groups excluding tert-OH is 1. The SMILES string of the molecule is CCCNC(C)Cc1ccc(OCC(O)COCC)cc1. The van der Waals surface area contributed by atoms with Crippen LogP contribution in [0.4, 0.5) is 0 Å². The van der Waals surface area contributed by atoms with Gasteiger partial charge in [-0.3, -0.25) is 0 Å². The third-order valence-corrected chi connectivity index (χ3v) is 3.16. The van der Waals surface area contributed by atoms with Crippen LogP contribution in [0.3, 0.4) is 0 Å². The van der Waals surface area contributed by atoms with Crippen molar-refractivity contribution >= 4 is 0 Å². The molecule has 0 aliphatic heterocycles. The molecule has 0 saturated carbocycles. The standard InChI is InChI=1S/C17H29NO3/c1-4-10-18-14(3)11-15-6-8-17(9-7-15)21-13-16(19)12-20-5-2/h6-9,14,16,18-19H,4-5,10-13H2,1-3H3. The summed E-state index contributed by atoms with van der Waals surface area (Å²) in [6, 6.07) is 8.54. The van der Waals surface area contributed by atoms with Crippen LogP contribution in [0.2, 0.25) is 0 Å². The monoisotopic (exact) mass is 295 g/mol. The average Bonchev–Trinajstić information content (AvgIpc) is 2.50. The van der Waals surface area contributed by atoms with Crippen molar-refractivity contribution in [2.75, 3.05) is 26.4 Å². The smallest absolute Gasteiger partial charge is 0.119 e. The molecule has 2 atom stereocenters. The Morgan fingerprint density at radius 1 is 1.14 bits per heavy atom. The summed E-state index contributed by atoms with van der Waals surface area (Å²) in [5.74, 6) is 0.781. The Morgan fingerprint density at radius 3 is 2.48 bits per heavy atom. The topological polar surface area (TPSA) is 50.7 Å². The summed E-state index contributed by atoms with van der Waals surface area (Å²) in [6.07, 6.45) is 1.58. The van der Waals surface area contributed by atoms with Crippen molar-refractivity contribution in [3.05, 3.63) is 29.8 Å². The summed E-state index contributed by atoms with van der Waals surface area (Å²) in [7, 11) is 0. The molecule has 1 rings (SSSR count). The minimum Gasteiger partial charge on any atom is -0.491 e. The molecule has 0 fully saturated rings. The molecule has 1 aromatic rings. The molecule has 0 amide bonds. The molecule has 0 aliphatic carbocycles. The van der Waals surface area contributed by atoms with E-state index < -0.39 is 6.10 Å². The summed E-state index contributed by atoms with van der Waals surface area (Å²) in [4.78, 5) is 0. The van der Waals surface area contributed by atoms with Gasteiger partial charge < -0.3 is 19.9 Å². The first-order chi connectivity index (χ1) is 10.2. The van der Waals surface area contributed by atoms with E-state index >= 15 is 0 Å². The Hall–Kier alpha value is -1.10. The molecular formula is C17H29NO3. The lowest BCUT2D eigenvalue weighted by molar-refractivity contribution is 0.0164. The molecule has 2 unspecified atom stereocenters. The van der Waals surface area contributed by atoms with Crippen LogP contribution in [0.1, 0.15) is 32.8 Å². The van der Waals surface area contributed by atoms with Gasteiger partial charge >= 0.3 is 0 Å². The van der Waals surface area contributed by atoms with Gasteiger partial charge in [0.2, 0.25) is 0 Å². The molecule has 2 N–H and O–H groups in total. The molecule has 4 nitrogen and oxygen atoms in total. The number of nitrogens with one attached hydrogen (secondary N) is 1. The number of aliphatic hydroxyl groups is 1. The van der Waals surface area contributed by atoms with Crippen molar-refractivity contribution in [3.63, 3.8) is 0 Å². The van der Waals surface area contributed by atoms with E-state index in [9.17, 15) is 5.11 Å². The third kappa shape index (κ3) is 8.05. The van der Waals surface area contributed by atoms with E-state index in [1.165, 1.54) is 5.56 Å². The van der Waals surface area contributed by atoms with Crippen LogP contribution in [-0.2, 0) is 11.2 Å². The fourth-order valence-corrected chi connectivity index (χ4v) is 2.03. The highest BCUT2D eigenvalue weighted by molar-refractivity contribution is 5.27. The fourth-order valence-electron chi connectivity index (χ4n) is 2.03. The first-order valence-corrected chi connectivity index (χ1v) is 7.86. The minimum atomic E-state index is -0.581. The van der Waals surface area contributed by atoms with Gasteiger partial charge in [-0.1, -0.05) is 19.1 Å². The van der Waals surface area contributed by atoms with Gasteiger partial charge in [0.1, 0.15) is 18.5 Å². The van der Waals surface area contributed by atoms with E-state index in [1.54, 1.807) is 0 Å². The van der Waals surface area contributed by atoms with E-state index in [1.807, 2.05) is 19.1 Å². The zero-order valence-electron chi connectivity index (χ0n) is 13.5. The largest absolute Gasteiger partial charge is 0.491 e. The Morgan fingerprint density at radius 2 is 1.86 bits per heavy atom. The zero-order chi connectivity index (χ0) is 15.5. The van der Waals surface area contributed by atoms with Crippen molar-refractivity contribution in [1.82, 2.24) is 5.32 Å². The van der Waals surface area contributed by atoms with Crippen LogP contribution in [0.25, 0.3) is 0 Å². The van der Waals surface area contributed by atoms with Crippen molar-refractivity contribution in [2.24, 2.45) is 0 Å². The van der Waals surface area contributed by atoms with Gasteiger partial charge in [0.25, 0.3) is 0 Å². The predicted molar refractivity (Wildman–Crippen MR) is 85.9 cm³/mol. The number of rotatable bonds is 11. The fraction of sp³-hybridized carbons (Fsp3) is 0.647. The maximum Gasteiger partial charge on any atom is 0.119 e. The van der Waals surface area contributed by atoms with Gasteiger partial charge in [0.05, 0.1) is 6.61 Å². The van der Waals surface area contributed by atoms with Crippen molar-refractivity contribution < 1.29 is 14.6 Å². The summed E-state index contributed by atoms with van der Waals surface area (Å²) in [5, 5.41) is 13.1. The van der Waals surface area contributed by atoms with Crippen molar-refractivity contribution in [1.29, 1.82) is 0 Å². The third-order valence-electron chi connectivity index (χ3n) is 3.16. The van der Waals surface area contributed by atoms with Gasteiger partial charge in [-0.2, -0.15) is 0 Å². The normalized spacial score (nSPS) is 13.9. The van der Waals surface area contributed by atoms with Gasteiger partial charge in [-0.05, 0) is 50.9 Å². The van der Waals surface area contributed by atoms with Crippen LogP contribution in [0.15, 0.2) is 24.3 Å². The van der Waals surface area contributed by atoms with E-state index in [-0.39, 0.29) is 6.61 Å². The van der Waals surface area contributed by atoms with E-state index in [4.69, 9.17) is 9.47 Å². The summed E-state index contributed by atoms with van der Waals surface area (Å²) in [6.45, 7) is 8.51. The lowest BCUT2D eigenvalue weighted by atomic mass is 10.1. The molecule has 0 spiro atoms. The lowest BCUT2D eigenvalue weighted by Gasteiger charge is -2.14. The highest BCUT2D eigenvalue weighted by Crippen LogP contribution is 2.14. The number of ether oxygens (including phenoxy) is 2. The van der Waals surface area contributed by atoms with Crippen LogP contribution < -0.4 is 10.1 Å². The molecule has 0 radical (unpaired) electrons. The molecule has 4 heteroatoms. The van der Waals surface area contributed by atoms with Gasteiger partial charge in [-0.25, -0.2) is 0 Å². The second-order valence-electron chi connectivity index (χ2n) is 5.33. The minimum absolute atomic E-state index is 0.258. The molecular weight excluding hydrogens is 266 g/mol. The second-order valence-corrected chi connectivity index (χ2v) is 5.33. The predicted octanol–water partition coefficient (Wildman–Crippen LogP) is 2.39. The van der Waals surface area contributed by atoms with Crippen molar-refractivity contribution in [3.8, 4) is 5.75 Å². The summed E-state index contributed by atoms with van der Waals surface area (Å²) >= 11 is 0. The quantitative estimate of drug-likeness (QED) is 0.658. The molecule has 0 heterocycles. The zero-order valence-corrected chi connectivity index (χ0v) is 13.5. The molecule has 0 aliphatic rings. The molecule has 1 aromatic carbocycles. The Kier molecular flexibility index (Phi) is 9.06. The molecule has 0 saturated heterocycles. The summed E-state index contributed by atoms with van der Waals surface area (Å²) < 4.78 is 10.7. The maximum atomic E-state index is 9.64. The van der Waals surface area contributed by atoms with E-state index in [2.05, 4.69) is 31.3 Å². The molecule has 120 valence electrons. The number of hydrogen-bond donors (Lipinski definition) is 2. The second kappa shape index (κ2) is 10.6. The summed E-state index contributed by atoms with van der Waals surface area (Å²) in [5.41, 5.74) is 1.29. The highest BCUT2D eigenvalue weighted by atomic mass is 16.5. The van der Waals surface area contributed by atoms with Gasteiger partial charge in [0, 0.05) is 12.6 Å². The Balaban J connectivity index is 2.32. The first kappa shape index (κ1) is 18.0. The van der Waals surface area contributed by atoms with Crippen LogP contribution >= 0.6 is 0 Å². The van der Waals surface area contributed by atoms with Crippen molar-refractivity contribution in [2.45, 2.75) is 45.8 Å². The molecule has 0 bridgehead atoms.